The van der Waals surface area contributed by atoms with Crippen LogP contribution in [0.4, 0.5) is 0 Å². The minimum atomic E-state index is -0.517. The van der Waals surface area contributed by atoms with Gasteiger partial charge in [-0.25, -0.2) is 0 Å². The van der Waals surface area contributed by atoms with Crippen molar-refractivity contribution in [2.75, 3.05) is 0 Å². The highest BCUT2D eigenvalue weighted by Gasteiger charge is 2.57. The highest BCUT2D eigenvalue weighted by Crippen LogP contribution is 2.62. The number of hydrogen-bond donors (Lipinski definition) is 0. The van der Waals surface area contributed by atoms with Crippen LogP contribution >= 0.6 is 0 Å². The highest BCUT2D eigenvalue weighted by atomic mass is 16.7. The molecular weight excluding hydrogens is 611 g/mol. The lowest BCUT2D eigenvalue weighted by molar-refractivity contribution is 0.00578. The van der Waals surface area contributed by atoms with Crippen molar-refractivity contribution in [1.82, 2.24) is 0 Å². The van der Waals surface area contributed by atoms with E-state index < -0.39 is 23.7 Å². The molecule has 0 radical (unpaired) electrons. The second-order valence-electron chi connectivity index (χ2n) is 15.9. The molecular formula is C46H39BO3. The Morgan fingerprint density at radius 2 is 1.06 bits per heavy atom. The summed E-state index contributed by atoms with van der Waals surface area (Å²) in [7, 11) is -0.508. The molecule has 3 nitrogen and oxygen atoms in total. The van der Waals surface area contributed by atoms with Crippen molar-refractivity contribution in [2.24, 2.45) is 0 Å². The molecule has 2 heterocycles. The third-order valence-electron chi connectivity index (χ3n) is 12.4. The summed E-state index contributed by atoms with van der Waals surface area (Å²) < 4.78 is 20.2. The van der Waals surface area contributed by atoms with E-state index in [-0.39, 0.29) is 5.41 Å². The second-order valence-corrected chi connectivity index (χ2v) is 15.9. The van der Waals surface area contributed by atoms with Gasteiger partial charge in [-0.3, -0.25) is 0 Å². The van der Waals surface area contributed by atoms with E-state index in [2.05, 4.69) is 163 Å². The smallest absolute Gasteiger partial charge is 0.455 e. The predicted octanol–water partition coefficient (Wildman–Crippen LogP) is 10.6. The van der Waals surface area contributed by atoms with Gasteiger partial charge >= 0.3 is 7.12 Å². The van der Waals surface area contributed by atoms with Crippen LogP contribution in [0.5, 0.6) is 0 Å². The standard InChI is InChI=1S/C46H39BO3/c1-43(2)34-18-8-10-20-36(34)46(37-21-11-9-19-35(37)43)33-26-25-28(29-16-13-17-31-30-15-7-12-24-40(30)48-42(29)31)27-32(33)41-38(46)22-14-23-39(41)47-49-44(3,4)45(5,6)50-47/h7-27H,1-6H3. The number of para-hydroxylation sites is 2. The van der Waals surface area contributed by atoms with E-state index in [1.54, 1.807) is 0 Å². The molecule has 7 aromatic rings. The van der Waals surface area contributed by atoms with Gasteiger partial charge in [0.25, 0.3) is 0 Å². The van der Waals surface area contributed by atoms with Crippen LogP contribution in [0.15, 0.2) is 132 Å². The minimum absolute atomic E-state index is 0.165. The predicted molar refractivity (Wildman–Crippen MR) is 204 cm³/mol. The summed E-state index contributed by atoms with van der Waals surface area (Å²) in [6.45, 7) is 13.3. The first-order chi connectivity index (χ1) is 24.0. The molecule has 50 heavy (non-hydrogen) atoms. The van der Waals surface area contributed by atoms with Gasteiger partial charge in [0, 0.05) is 21.8 Å². The van der Waals surface area contributed by atoms with Crippen LogP contribution in [-0.4, -0.2) is 18.3 Å². The van der Waals surface area contributed by atoms with E-state index in [1.807, 2.05) is 6.07 Å². The molecule has 244 valence electrons. The average Bonchev–Trinajstić information content (AvgIpc) is 3.72. The first-order valence-corrected chi connectivity index (χ1v) is 17.8. The van der Waals surface area contributed by atoms with E-state index in [0.717, 1.165) is 38.5 Å². The van der Waals surface area contributed by atoms with Gasteiger partial charge in [-0.1, -0.05) is 129 Å². The summed E-state index contributed by atoms with van der Waals surface area (Å²) in [5, 5.41) is 2.27. The molecule has 3 aliphatic rings. The lowest BCUT2D eigenvalue weighted by Crippen LogP contribution is -2.41. The summed E-state index contributed by atoms with van der Waals surface area (Å²) in [4.78, 5) is 0. The first-order valence-electron chi connectivity index (χ1n) is 17.8. The molecule has 0 bridgehead atoms. The molecule has 4 heteroatoms. The maximum atomic E-state index is 6.81. The minimum Gasteiger partial charge on any atom is -0.455 e. The van der Waals surface area contributed by atoms with E-state index in [0.29, 0.717) is 0 Å². The van der Waals surface area contributed by atoms with Crippen molar-refractivity contribution >= 4 is 34.5 Å². The number of benzene rings is 6. The summed E-state index contributed by atoms with van der Waals surface area (Å²) >= 11 is 0. The number of hydrogen-bond acceptors (Lipinski definition) is 3. The van der Waals surface area contributed by atoms with E-state index in [9.17, 15) is 0 Å². The second kappa shape index (κ2) is 9.87. The van der Waals surface area contributed by atoms with Crippen molar-refractivity contribution in [3.05, 3.63) is 161 Å². The van der Waals surface area contributed by atoms with Gasteiger partial charge in [0.2, 0.25) is 0 Å². The normalized spacial score (nSPS) is 18.6. The summed E-state index contributed by atoms with van der Waals surface area (Å²) in [5.74, 6) is 0. The van der Waals surface area contributed by atoms with Gasteiger partial charge in [0.05, 0.1) is 16.6 Å². The van der Waals surface area contributed by atoms with Gasteiger partial charge in [-0.2, -0.15) is 0 Å². The fraction of sp³-hybridized carbons (Fsp3) is 0.217. The molecule has 0 N–H and O–H groups in total. The van der Waals surface area contributed by atoms with Crippen molar-refractivity contribution < 1.29 is 13.7 Å². The van der Waals surface area contributed by atoms with E-state index >= 15 is 0 Å². The molecule has 1 spiro atoms. The zero-order chi connectivity index (χ0) is 34.2. The van der Waals surface area contributed by atoms with Crippen molar-refractivity contribution in [1.29, 1.82) is 0 Å². The van der Waals surface area contributed by atoms with E-state index in [4.69, 9.17) is 13.7 Å². The molecule has 0 atom stereocenters. The molecule has 1 fully saturated rings. The Labute approximate surface area is 294 Å². The van der Waals surface area contributed by atoms with Gasteiger partial charge in [-0.05, 0) is 95.4 Å². The molecule has 1 saturated heterocycles. The zero-order valence-electron chi connectivity index (χ0n) is 29.4. The first kappa shape index (κ1) is 30.0. The maximum absolute atomic E-state index is 6.81. The molecule has 0 amide bonds. The molecule has 1 aliphatic heterocycles. The molecule has 10 rings (SSSR count). The topological polar surface area (TPSA) is 31.6 Å². The van der Waals surface area contributed by atoms with Gasteiger partial charge in [0.1, 0.15) is 11.2 Å². The Morgan fingerprint density at radius 3 is 1.76 bits per heavy atom. The fourth-order valence-electron chi connectivity index (χ4n) is 9.30. The van der Waals surface area contributed by atoms with Crippen LogP contribution in [0.2, 0.25) is 0 Å². The van der Waals surface area contributed by atoms with Crippen molar-refractivity contribution in [2.45, 2.75) is 63.6 Å². The van der Waals surface area contributed by atoms with Crippen LogP contribution in [0, 0.1) is 0 Å². The monoisotopic (exact) mass is 650 g/mol. The molecule has 1 aromatic heterocycles. The molecule has 2 aliphatic carbocycles. The van der Waals surface area contributed by atoms with Crippen LogP contribution < -0.4 is 5.46 Å². The molecule has 6 aromatic carbocycles. The van der Waals surface area contributed by atoms with Crippen LogP contribution in [0.1, 0.15) is 74.9 Å². The van der Waals surface area contributed by atoms with Crippen LogP contribution in [0.3, 0.4) is 0 Å². The third kappa shape index (κ3) is 3.68. The van der Waals surface area contributed by atoms with Gasteiger partial charge < -0.3 is 13.7 Å². The summed E-state index contributed by atoms with van der Waals surface area (Å²) in [6, 6.07) is 46.8. The fourth-order valence-corrected chi connectivity index (χ4v) is 9.30. The van der Waals surface area contributed by atoms with Crippen molar-refractivity contribution in [3.63, 3.8) is 0 Å². The average molecular weight is 651 g/mol. The summed E-state index contributed by atoms with van der Waals surface area (Å²) in [6.07, 6.45) is 0. The molecule has 0 saturated carbocycles. The lowest BCUT2D eigenvalue weighted by atomic mass is 9.55. The zero-order valence-corrected chi connectivity index (χ0v) is 29.4. The van der Waals surface area contributed by atoms with Crippen LogP contribution in [-0.2, 0) is 20.1 Å². The molecule has 0 unspecified atom stereocenters. The Morgan fingerprint density at radius 1 is 0.480 bits per heavy atom. The van der Waals surface area contributed by atoms with Crippen molar-refractivity contribution in [3.8, 4) is 22.3 Å². The Kier molecular flexibility index (Phi) is 5.92. The Balaban J connectivity index is 1.31. The van der Waals surface area contributed by atoms with Crippen LogP contribution in [0.25, 0.3) is 44.2 Å². The van der Waals surface area contributed by atoms with E-state index in [1.165, 1.54) is 44.5 Å². The Bertz CT molecular complexity index is 2490. The summed E-state index contributed by atoms with van der Waals surface area (Å²) in [5.41, 5.74) is 13.8. The number of fused-ring (bicyclic) bond motifs is 12. The Hall–Kier alpha value is -4.90. The largest absolute Gasteiger partial charge is 0.495 e. The SMILES string of the molecule is CC1(C)c2ccccc2C2(c3ccc(-c4cccc5c4oc4ccccc45)cc3-c3c(B4OC(C)(C)C(C)(C)O4)cccc32)c2ccccc21. The lowest BCUT2D eigenvalue weighted by Gasteiger charge is -2.46. The third-order valence-corrected chi connectivity index (χ3v) is 12.4. The van der Waals surface area contributed by atoms with Gasteiger partial charge in [0.15, 0.2) is 0 Å². The maximum Gasteiger partial charge on any atom is 0.495 e. The highest BCUT2D eigenvalue weighted by molar-refractivity contribution is 6.64. The number of furan rings is 1. The van der Waals surface area contributed by atoms with Gasteiger partial charge in [-0.15, -0.1) is 0 Å². The number of rotatable bonds is 2. The quantitative estimate of drug-likeness (QED) is 0.175.